The van der Waals surface area contributed by atoms with Crippen LogP contribution in [0.2, 0.25) is 0 Å². The van der Waals surface area contributed by atoms with Crippen molar-refractivity contribution in [1.82, 2.24) is 4.90 Å². The molecule has 0 atom stereocenters. The van der Waals surface area contributed by atoms with Gasteiger partial charge in [-0.3, -0.25) is 4.90 Å². The predicted molar refractivity (Wildman–Crippen MR) is 55.6 cm³/mol. The highest BCUT2D eigenvalue weighted by molar-refractivity contribution is 4.85. The van der Waals surface area contributed by atoms with Crippen LogP contribution in [0, 0.1) is 0 Å². The fourth-order valence-corrected chi connectivity index (χ4v) is 2.04. The Morgan fingerprint density at radius 3 is 2.29 bits per heavy atom. The number of alkyl halides is 3. The van der Waals surface area contributed by atoms with Gasteiger partial charge in [0.2, 0.25) is 0 Å². The highest BCUT2D eigenvalue weighted by Crippen LogP contribution is 2.30. The lowest BCUT2D eigenvalue weighted by molar-refractivity contribution is -0.187. The Morgan fingerprint density at radius 2 is 1.76 bits per heavy atom. The SMILES string of the molecule is FC(F)(F)CN(CCC1OCCCO1)C1CC1. The third-order valence-electron chi connectivity index (χ3n) is 2.99. The van der Waals surface area contributed by atoms with Crippen molar-refractivity contribution in [3.8, 4) is 0 Å². The zero-order valence-electron chi connectivity index (χ0n) is 9.71. The molecule has 2 aliphatic rings. The van der Waals surface area contributed by atoms with Crippen molar-refractivity contribution in [2.45, 2.75) is 44.2 Å². The Hall–Kier alpha value is -0.330. The van der Waals surface area contributed by atoms with Crippen molar-refractivity contribution >= 4 is 0 Å². The van der Waals surface area contributed by atoms with Gasteiger partial charge < -0.3 is 9.47 Å². The molecule has 0 radical (unpaired) electrons. The van der Waals surface area contributed by atoms with Crippen molar-refractivity contribution < 1.29 is 22.6 Å². The summed E-state index contributed by atoms with van der Waals surface area (Å²) in [5.41, 5.74) is 0. The third-order valence-corrected chi connectivity index (χ3v) is 2.99. The Morgan fingerprint density at radius 1 is 1.12 bits per heavy atom. The Kier molecular flexibility index (Phi) is 4.27. The van der Waals surface area contributed by atoms with E-state index in [1.807, 2.05) is 0 Å². The molecule has 100 valence electrons. The maximum Gasteiger partial charge on any atom is 0.401 e. The minimum Gasteiger partial charge on any atom is -0.353 e. The Balaban J connectivity index is 1.73. The average molecular weight is 253 g/mol. The van der Waals surface area contributed by atoms with Gasteiger partial charge in [-0.1, -0.05) is 0 Å². The molecule has 1 aliphatic carbocycles. The molecule has 6 heteroatoms. The molecule has 1 saturated carbocycles. The zero-order chi connectivity index (χ0) is 12.3. The van der Waals surface area contributed by atoms with E-state index in [2.05, 4.69) is 0 Å². The molecule has 2 rings (SSSR count). The van der Waals surface area contributed by atoms with Crippen molar-refractivity contribution in [2.75, 3.05) is 26.3 Å². The van der Waals surface area contributed by atoms with Crippen molar-refractivity contribution in [1.29, 1.82) is 0 Å². The lowest BCUT2D eigenvalue weighted by atomic mass is 10.3. The van der Waals surface area contributed by atoms with E-state index in [0.717, 1.165) is 19.3 Å². The number of halogens is 3. The maximum absolute atomic E-state index is 12.4. The summed E-state index contributed by atoms with van der Waals surface area (Å²) in [6.45, 7) is 0.875. The summed E-state index contributed by atoms with van der Waals surface area (Å²) < 4.78 is 47.7. The van der Waals surface area contributed by atoms with Crippen LogP contribution >= 0.6 is 0 Å². The average Bonchev–Trinajstić information content (AvgIpc) is 3.08. The molecule has 0 amide bonds. The summed E-state index contributed by atoms with van der Waals surface area (Å²) in [7, 11) is 0. The van der Waals surface area contributed by atoms with Gasteiger partial charge in [0.1, 0.15) is 0 Å². The van der Waals surface area contributed by atoms with E-state index in [0.29, 0.717) is 26.2 Å². The van der Waals surface area contributed by atoms with Crippen LogP contribution in [-0.4, -0.2) is 49.7 Å². The minimum atomic E-state index is -4.11. The molecule has 0 bridgehead atoms. The monoisotopic (exact) mass is 253 g/mol. The molecule has 1 aliphatic heterocycles. The van der Waals surface area contributed by atoms with Gasteiger partial charge in [0, 0.05) is 19.0 Å². The normalized spacial score (nSPS) is 23.3. The van der Waals surface area contributed by atoms with Crippen LogP contribution in [-0.2, 0) is 9.47 Å². The van der Waals surface area contributed by atoms with E-state index in [4.69, 9.17) is 9.47 Å². The lowest BCUT2D eigenvalue weighted by Crippen LogP contribution is -2.38. The summed E-state index contributed by atoms with van der Waals surface area (Å²) in [6, 6.07) is 0.111. The van der Waals surface area contributed by atoms with E-state index in [9.17, 15) is 13.2 Å². The minimum absolute atomic E-state index is 0.111. The van der Waals surface area contributed by atoms with E-state index < -0.39 is 12.7 Å². The number of nitrogens with zero attached hydrogens (tertiary/aromatic N) is 1. The molecule has 1 saturated heterocycles. The summed E-state index contributed by atoms with van der Waals surface area (Å²) in [6.07, 6.45) is -1.29. The van der Waals surface area contributed by atoms with E-state index in [1.165, 1.54) is 4.90 Å². The van der Waals surface area contributed by atoms with Crippen LogP contribution in [0.5, 0.6) is 0 Å². The second kappa shape index (κ2) is 5.54. The lowest BCUT2D eigenvalue weighted by Gasteiger charge is -2.28. The van der Waals surface area contributed by atoms with E-state index >= 15 is 0 Å². The van der Waals surface area contributed by atoms with Gasteiger partial charge in [-0.25, -0.2) is 0 Å². The first-order valence-electron chi connectivity index (χ1n) is 6.08. The maximum atomic E-state index is 12.4. The van der Waals surface area contributed by atoms with Crippen LogP contribution in [0.1, 0.15) is 25.7 Å². The highest BCUT2D eigenvalue weighted by atomic mass is 19.4. The number of hydrogen-bond acceptors (Lipinski definition) is 3. The molecule has 0 aromatic carbocycles. The molecule has 0 aromatic rings. The summed E-state index contributed by atoms with van der Waals surface area (Å²) in [4.78, 5) is 1.50. The molecule has 0 N–H and O–H groups in total. The Bertz CT molecular complexity index is 237. The van der Waals surface area contributed by atoms with Gasteiger partial charge in [0.15, 0.2) is 6.29 Å². The van der Waals surface area contributed by atoms with Gasteiger partial charge >= 0.3 is 6.18 Å². The van der Waals surface area contributed by atoms with Crippen LogP contribution in [0.25, 0.3) is 0 Å². The topological polar surface area (TPSA) is 21.7 Å². The number of hydrogen-bond donors (Lipinski definition) is 0. The summed E-state index contributed by atoms with van der Waals surface area (Å²) in [5, 5.41) is 0. The van der Waals surface area contributed by atoms with Gasteiger partial charge in [0.25, 0.3) is 0 Å². The van der Waals surface area contributed by atoms with Crippen molar-refractivity contribution in [3.63, 3.8) is 0 Å². The van der Waals surface area contributed by atoms with Gasteiger partial charge in [-0.2, -0.15) is 13.2 Å². The van der Waals surface area contributed by atoms with Gasteiger partial charge in [-0.15, -0.1) is 0 Å². The first-order chi connectivity index (χ1) is 8.04. The molecular weight excluding hydrogens is 235 g/mol. The second-order valence-corrected chi connectivity index (χ2v) is 4.63. The third kappa shape index (κ3) is 4.81. The second-order valence-electron chi connectivity index (χ2n) is 4.63. The molecule has 1 heterocycles. The van der Waals surface area contributed by atoms with Crippen LogP contribution in [0.4, 0.5) is 13.2 Å². The van der Waals surface area contributed by atoms with Gasteiger partial charge in [-0.05, 0) is 19.3 Å². The smallest absolute Gasteiger partial charge is 0.353 e. The first kappa shape index (κ1) is 13.1. The zero-order valence-corrected chi connectivity index (χ0v) is 9.71. The molecule has 0 unspecified atom stereocenters. The van der Waals surface area contributed by atoms with Crippen molar-refractivity contribution in [2.24, 2.45) is 0 Å². The molecule has 0 spiro atoms. The van der Waals surface area contributed by atoms with E-state index in [1.54, 1.807) is 0 Å². The van der Waals surface area contributed by atoms with Crippen molar-refractivity contribution in [3.05, 3.63) is 0 Å². The standard InChI is InChI=1S/C11H18F3NO2/c12-11(13,14)8-15(9-2-3-9)5-4-10-16-6-1-7-17-10/h9-10H,1-8H2. The molecule has 2 fully saturated rings. The molecule has 3 nitrogen and oxygen atoms in total. The summed E-state index contributed by atoms with van der Waals surface area (Å²) in [5.74, 6) is 0. The molecule has 0 aromatic heterocycles. The van der Waals surface area contributed by atoms with Crippen LogP contribution < -0.4 is 0 Å². The first-order valence-corrected chi connectivity index (χ1v) is 6.08. The number of rotatable bonds is 5. The largest absolute Gasteiger partial charge is 0.401 e. The fourth-order valence-electron chi connectivity index (χ4n) is 2.04. The van der Waals surface area contributed by atoms with E-state index in [-0.39, 0.29) is 12.3 Å². The molecule has 17 heavy (non-hydrogen) atoms. The van der Waals surface area contributed by atoms with Gasteiger partial charge in [0.05, 0.1) is 19.8 Å². The molecular formula is C11H18F3NO2. The summed E-state index contributed by atoms with van der Waals surface area (Å²) >= 11 is 0. The quantitative estimate of drug-likeness (QED) is 0.749. The predicted octanol–water partition coefficient (Wildman–Crippen LogP) is 2.17. The fraction of sp³-hybridized carbons (Fsp3) is 1.00. The highest BCUT2D eigenvalue weighted by Gasteiger charge is 2.38. The van der Waals surface area contributed by atoms with Crippen LogP contribution in [0.15, 0.2) is 0 Å². The Labute approximate surface area is 98.9 Å². The number of ether oxygens (including phenoxy) is 2. The van der Waals surface area contributed by atoms with Crippen LogP contribution in [0.3, 0.4) is 0 Å².